The Labute approximate surface area is 162 Å². The van der Waals surface area contributed by atoms with Crippen LogP contribution in [-0.2, 0) is 0 Å². The van der Waals surface area contributed by atoms with Gasteiger partial charge in [0.1, 0.15) is 11.6 Å². The van der Waals surface area contributed by atoms with E-state index < -0.39 is 0 Å². The molecule has 3 rings (SSSR count). The Bertz CT molecular complexity index is 1160. The Kier molecular flexibility index (Phi) is 5.33. The second-order valence-electron chi connectivity index (χ2n) is 5.99. The quantitative estimate of drug-likeness (QED) is 0.479. The lowest BCUT2D eigenvalue weighted by Crippen LogP contribution is -2.12. The molecule has 0 saturated heterocycles. The number of pyridine rings is 1. The fraction of sp³-hybridized carbons (Fsp3) is 0.0476. The van der Waals surface area contributed by atoms with Crippen LogP contribution < -0.4 is 17.2 Å². The van der Waals surface area contributed by atoms with Crippen molar-refractivity contribution in [2.75, 3.05) is 5.73 Å². The van der Waals surface area contributed by atoms with Crippen LogP contribution in [0.1, 0.15) is 18.1 Å². The Hall–Kier alpha value is -4.18. The lowest BCUT2D eigenvalue weighted by atomic mass is 10.00. The first-order valence-corrected chi connectivity index (χ1v) is 8.38. The molecule has 0 amide bonds. The molecule has 0 aliphatic carbocycles. The third kappa shape index (κ3) is 4.31. The number of rotatable bonds is 3. The molecule has 6 N–H and O–H groups in total. The largest absolute Gasteiger partial charge is 0.401 e. The zero-order valence-corrected chi connectivity index (χ0v) is 15.3. The number of aromatic nitrogens is 3. The number of hydrogen-bond donors (Lipinski definition) is 3. The van der Waals surface area contributed by atoms with Crippen molar-refractivity contribution < 1.29 is 0 Å². The zero-order chi connectivity index (χ0) is 20.1. The minimum atomic E-state index is 0.143. The maximum absolute atomic E-state index is 6.11. The van der Waals surface area contributed by atoms with Crippen molar-refractivity contribution in [1.29, 1.82) is 0 Å². The van der Waals surface area contributed by atoms with Crippen molar-refractivity contribution >= 4 is 22.6 Å². The molecular weight excluding hydrogens is 350 g/mol. The Balaban J connectivity index is 2.11. The molecule has 2 aromatic heterocycles. The topological polar surface area (TPSA) is 129 Å². The molecule has 0 fully saturated rings. The molecule has 0 bridgehead atoms. The Morgan fingerprint density at radius 1 is 1.04 bits per heavy atom. The molecule has 0 saturated carbocycles. The predicted octanol–water partition coefficient (Wildman–Crippen LogP) is 2.11. The van der Waals surface area contributed by atoms with E-state index >= 15 is 0 Å². The summed E-state index contributed by atoms with van der Waals surface area (Å²) < 4.78 is 0. The van der Waals surface area contributed by atoms with Gasteiger partial charge in [0, 0.05) is 35.4 Å². The van der Waals surface area contributed by atoms with E-state index in [2.05, 4.69) is 38.4 Å². The van der Waals surface area contributed by atoms with Crippen molar-refractivity contribution in [1.82, 2.24) is 15.0 Å². The number of allylic oxidation sites excluding steroid dienone is 2. The van der Waals surface area contributed by atoms with Gasteiger partial charge >= 0.3 is 0 Å². The van der Waals surface area contributed by atoms with Crippen LogP contribution in [0.15, 0.2) is 77.6 Å². The molecule has 0 unspecified atom stereocenters. The van der Waals surface area contributed by atoms with Crippen LogP contribution in [0.2, 0.25) is 0 Å². The number of hydrogen-bond acceptors (Lipinski definition) is 7. The molecular formula is C21H19N7. The van der Waals surface area contributed by atoms with E-state index in [-0.39, 0.29) is 5.82 Å². The minimum absolute atomic E-state index is 0.143. The molecule has 0 aliphatic rings. The van der Waals surface area contributed by atoms with Gasteiger partial charge in [-0.3, -0.25) is 9.97 Å². The van der Waals surface area contributed by atoms with E-state index in [0.717, 1.165) is 16.6 Å². The summed E-state index contributed by atoms with van der Waals surface area (Å²) in [4.78, 5) is 17.0. The smallest absolute Gasteiger partial charge is 0.123 e. The van der Waals surface area contributed by atoms with Gasteiger partial charge in [-0.05, 0) is 31.2 Å². The van der Waals surface area contributed by atoms with Gasteiger partial charge in [-0.2, -0.15) is 0 Å². The maximum Gasteiger partial charge on any atom is 0.123 e. The average molecular weight is 369 g/mol. The lowest BCUT2D eigenvalue weighted by Gasteiger charge is -2.09. The number of nitrogen functional groups attached to an aromatic ring is 1. The maximum atomic E-state index is 6.11. The molecule has 0 atom stereocenters. The summed E-state index contributed by atoms with van der Waals surface area (Å²) in [5.74, 6) is 6.66. The minimum Gasteiger partial charge on any atom is -0.401 e. The van der Waals surface area contributed by atoms with Crippen molar-refractivity contribution in [3.8, 4) is 11.8 Å². The SMILES string of the molecule is C=C(N)/N=C(\C(C#Cc1ccc(N)nc1)=C(\C)N)c1ccc2nccnc2c1. The van der Waals surface area contributed by atoms with Gasteiger partial charge < -0.3 is 17.2 Å². The highest BCUT2D eigenvalue weighted by atomic mass is 14.9. The van der Waals surface area contributed by atoms with E-state index in [0.29, 0.717) is 28.4 Å². The first-order valence-electron chi connectivity index (χ1n) is 8.38. The molecule has 28 heavy (non-hydrogen) atoms. The lowest BCUT2D eigenvalue weighted by molar-refractivity contribution is 1.24. The third-order valence-electron chi connectivity index (χ3n) is 3.75. The summed E-state index contributed by atoms with van der Waals surface area (Å²) in [6, 6.07) is 9.05. The molecule has 138 valence electrons. The van der Waals surface area contributed by atoms with Gasteiger partial charge in [0.15, 0.2) is 0 Å². The summed E-state index contributed by atoms with van der Waals surface area (Å²) in [7, 11) is 0. The molecule has 0 aliphatic heterocycles. The van der Waals surface area contributed by atoms with Crippen LogP contribution in [0.4, 0.5) is 5.82 Å². The highest BCUT2D eigenvalue weighted by Gasteiger charge is 2.12. The number of benzene rings is 1. The van der Waals surface area contributed by atoms with Gasteiger partial charge in [0.2, 0.25) is 0 Å². The summed E-state index contributed by atoms with van der Waals surface area (Å²) >= 11 is 0. The molecule has 0 spiro atoms. The molecule has 1 aromatic carbocycles. The van der Waals surface area contributed by atoms with Gasteiger partial charge in [0.25, 0.3) is 0 Å². The highest BCUT2D eigenvalue weighted by Crippen LogP contribution is 2.17. The molecule has 7 nitrogen and oxygen atoms in total. The van der Waals surface area contributed by atoms with Crippen LogP contribution in [-0.4, -0.2) is 20.7 Å². The number of anilines is 1. The van der Waals surface area contributed by atoms with Crippen molar-refractivity contribution in [2.24, 2.45) is 16.5 Å². The summed E-state index contributed by atoms with van der Waals surface area (Å²) in [5, 5.41) is 0. The van der Waals surface area contributed by atoms with Crippen LogP contribution in [0.3, 0.4) is 0 Å². The highest BCUT2D eigenvalue weighted by molar-refractivity contribution is 6.17. The van der Waals surface area contributed by atoms with Crippen LogP contribution in [0, 0.1) is 11.8 Å². The number of nitrogens with zero attached hydrogens (tertiary/aromatic N) is 4. The second-order valence-corrected chi connectivity index (χ2v) is 5.99. The number of nitrogens with two attached hydrogens (primary N) is 3. The molecule has 2 heterocycles. The first kappa shape index (κ1) is 18.6. The summed E-state index contributed by atoms with van der Waals surface area (Å²) in [6.07, 6.45) is 4.86. The van der Waals surface area contributed by atoms with Crippen molar-refractivity contribution in [2.45, 2.75) is 6.92 Å². The Morgan fingerprint density at radius 3 is 2.43 bits per heavy atom. The standard InChI is InChI=1S/C21H19N7/c1-13(22)17(6-3-15-4-8-20(24)27-12-15)21(28-14(2)23)16-5-7-18-19(11-16)26-10-9-25-18/h4-5,7-12H,2,22-23H2,1H3,(H2,24,27)/b17-13-,28-21-. The molecule has 7 heteroatoms. The van der Waals surface area contributed by atoms with Crippen LogP contribution >= 0.6 is 0 Å². The average Bonchev–Trinajstić information content (AvgIpc) is 2.67. The second kappa shape index (κ2) is 8.01. The normalized spacial score (nSPS) is 12.1. The van der Waals surface area contributed by atoms with Gasteiger partial charge in [0.05, 0.1) is 22.3 Å². The fourth-order valence-corrected chi connectivity index (χ4v) is 2.48. The number of aliphatic imine (C=N–C) groups is 1. The predicted molar refractivity (Wildman–Crippen MR) is 112 cm³/mol. The van der Waals surface area contributed by atoms with E-state index in [4.69, 9.17) is 17.2 Å². The Morgan fingerprint density at radius 2 is 1.79 bits per heavy atom. The first-order chi connectivity index (χ1) is 13.4. The van der Waals surface area contributed by atoms with Crippen molar-refractivity contribution in [3.05, 3.63) is 83.7 Å². The molecule has 0 radical (unpaired) electrons. The summed E-state index contributed by atoms with van der Waals surface area (Å²) in [5.41, 5.74) is 22.0. The van der Waals surface area contributed by atoms with Gasteiger partial charge in [-0.15, -0.1) is 0 Å². The third-order valence-corrected chi connectivity index (χ3v) is 3.75. The van der Waals surface area contributed by atoms with Crippen LogP contribution in [0.25, 0.3) is 11.0 Å². The van der Waals surface area contributed by atoms with Gasteiger partial charge in [-0.25, -0.2) is 9.98 Å². The van der Waals surface area contributed by atoms with E-state index in [1.165, 1.54) is 0 Å². The van der Waals surface area contributed by atoms with Gasteiger partial charge in [-0.1, -0.05) is 24.5 Å². The number of fused-ring (bicyclic) bond motifs is 1. The molecule has 3 aromatic rings. The van der Waals surface area contributed by atoms with Crippen molar-refractivity contribution in [3.63, 3.8) is 0 Å². The van der Waals surface area contributed by atoms with E-state index in [9.17, 15) is 0 Å². The van der Waals surface area contributed by atoms with E-state index in [1.54, 1.807) is 37.6 Å². The monoisotopic (exact) mass is 369 g/mol. The van der Waals surface area contributed by atoms with E-state index in [1.807, 2.05) is 18.2 Å². The summed E-state index contributed by atoms with van der Waals surface area (Å²) in [6.45, 7) is 5.43. The van der Waals surface area contributed by atoms with Crippen LogP contribution in [0.5, 0.6) is 0 Å². The fourth-order valence-electron chi connectivity index (χ4n) is 2.48. The zero-order valence-electron chi connectivity index (χ0n) is 15.3.